The van der Waals surface area contributed by atoms with E-state index in [1.54, 1.807) is 29.2 Å². The number of carbonyl (C=O) groups excluding carboxylic acids is 1. The lowest BCUT2D eigenvalue weighted by molar-refractivity contribution is 0.0592. The molecular formula is C35H38FN3O4S. The summed E-state index contributed by atoms with van der Waals surface area (Å²) in [5.74, 6) is -0.500. The number of anilines is 1. The highest BCUT2D eigenvalue weighted by atomic mass is 32.2. The quantitative estimate of drug-likeness (QED) is 0.188. The second-order valence-electron chi connectivity index (χ2n) is 11.1. The Balaban J connectivity index is 1.22. The summed E-state index contributed by atoms with van der Waals surface area (Å²) in [6.07, 6.45) is 0.477. The van der Waals surface area contributed by atoms with Crippen LogP contribution in [0.5, 0.6) is 0 Å². The van der Waals surface area contributed by atoms with Gasteiger partial charge >= 0.3 is 6.09 Å². The minimum Gasteiger partial charge on any atom is -0.448 e. The molecule has 0 aliphatic carbocycles. The van der Waals surface area contributed by atoms with Crippen LogP contribution < -0.4 is 4.31 Å². The van der Waals surface area contributed by atoms with Gasteiger partial charge in [-0.3, -0.25) is 9.21 Å². The third-order valence-corrected chi connectivity index (χ3v) is 9.86. The number of hydrogen-bond acceptors (Lipinski definition) is 5. The number of likely N-dealkylation sites (tertiary alicyclic amines) is 1. The fraction of sp³-hybridized carbons (Fsp3) is 0.286. The Kier molecular flexibility index (Phi) is 10.3. The van der Waals surface area contributed by atoms with Gasteiger partial charge in [0.05, 0.1) is 10.6 Å². The van der Waals surface area contributed by atoms with Crippen LogP contribution in [0.25, 0.3) is 0 Å². The van der Waals surface area contributed by atoms with Gasteiger partial charge in [0.25, 0.3) is 10.0 Å². The van der Waals surface area contributed by atoms with E-state index in [0.717, 1.165) is 25.2 Å². The maximum Gasteiger partial charge on any atom is 0.409 e. The van der Waals surface area contributed by atoms with Crippen LogP contribution in [0.4, 0.5) is 14.9 Å². The summed E-state index contributed by atoms with van der Waals surface area (Å²) in [6, 6.07) is 33.8. The summed E-state index contributed by atoms with van der Waals surface area (Å²) < 4.78 is 48.3. The standard InChI is InChI=1S/C35H38FN3O4S/c1-28(38(25-29-11-5-2-6-12-29)26-30-13-7-3-8-14-30)27-43-35(40)37-23-21-33(22-24-37)39(32-15-9-4-10-16-32)44(41,42)34-19-17-31(36)18-20-34/h2-20,28,33H,21-27H2,1H3/t28-/m0/s1. The van der Waals surface area contributed by atoms with E-state index in [-0.39, 0.29) is 23.6 Å². The Bertz CT molecular complexity index is 1540. The molecule has 0 saturated carbocycles. The maximum absolute atomic E-state index is 13.8. The van der Waals surface area contributed by atoms with Crippen LogP contribution >= 0.6 is 0 Å². The van der Waals surface area contributed by atoms with Crippen molar-refractivity contribution in [3.8, 4) is 0 Å². The van der Waals surface area contributed by atoms with Gasteiger partial charge in [-0.05, 0) is 67.3 Å². The van der Waals surface area contributed by atoms with Gasteiger partial charge in [-0.2, -0.15) is 0 Å². The number of para-hydroxylation sites is 1. The molecule has 1 amide bonds. The summed E-state index contributed by atoms with van der Waals surface area (Å²) in [7, 11) is -3.96. The summed E-state index contributed by atoms with van der Waals surface area (Å²) in [6.45, 7) is 4.45. The lowest BCUT2D eigenvalue weighted by Crippen LogP contribution is -2.49. The zero-order valence-corrected chi connectivity index (χ0v) is 25.7. The van der Waals surface area contributed by atoms with Gasteiger partial charge in [-0.1, -0.05) is 78.9 Å². The second-order valence-corrected chi connectivity index (χ2v) is 12.9. The maximum atomic E-state index is 13.8. The fourth-order valence-corrected chi connectivity index (χ4v) is 7.23. The smallest absolute Gasteiger partial charge is 0.409 e. The lowest BCUT2D eigenvalue weighted by atomic mass is 10.0. The van der Waals surface area contributed by atoms with Crippen molar-refractivity contribution in [3.63, 3.8) is 0 Å². The second kappa shape index (κ2) is 14.5. The zero-order chi connectivity index (χ0) is 30.9. The molecule has 7 nitrogen and oxygen atoms in total. The fourth-order valence-electron chi connectivity index (χ4n) is 5.52. The largest absolute Gasteiger partial charge is 0.448 e. The molecule has 9 heteroatoms. The van der Waals surface area contributed by atoms with Crippen molar-refractivity contribution in [3.05, 3.63) is 132 Å². The Hall–Kier alpha value is -4.21. The molecule has 1 heterocycles. The van der Waals surface area contributed by atoms with Crippen molar-refractivity contribution >= 4 is 21.8 Å². The molecule has 0 radical (unpaired) electrons. The number of hydrogen-bond donors (Lipinski definition) is 0. The molecule has 4 aromatic rings. The van der Waals surface area contributed by atoms with Crippen molar-refractivity contribution in [1.82, 2.24) is 9.80 Å². The average molecular weight is 616 g/mol. The van der Waals surface area contributed by atoms with Crippen LogP contribution in [0, 0.1) is 5.82 Å². The molecule has 1 fully saturated rings. The number of piperidine rings is 1. The molecule has 0 aromatic heterocycles. The van der Waals surface area contributed by atoms with Crippen molar-refractivity contribution in [1.29, 1.82) is 0 Å². The van der Waals surface area contributed by atoms with Crippen LogP contribution in [-0.4, -0.2) is 56.1 Å². The molecular weight excluding hydrogens is 577 g/mol. The first kappa shape index (κ1) is 31.2. The Labute approximate surface area is 259 Å². The Morgan fingerprint density at radius 3 is 1.84 bits per heavy atom. The minimum absolute atomic E-state index is 0.0224. The first-order valence-corrected chi connectivity index (χ1v) is 16.3. The number of rotatable bonds is 11. The van der Waals surface area contributed by atoms with E-state index < -0.39 is 21.9 Å². The normalized spacial score (nSPS) is 14.8. The molecule has 1 aliphatic rings. The Morgan fingerprint density at radius 2 is 1.32 bits per heavy atom. The number of sulfonamides is 1. The van der Waals surface area contributed by atoms with E-state index in [9.17, 15) is 17.6 Å². The average Bonchev–Trinajstić information content (AvgIpc) is 3.05. The van der Waals surface area contributed by atoms with Gasteiger partial charge in [0.15, 0.2) is 0 Å². The van der Waals surface area contributed by atoms with E-state index in [1.807, 2.05) is 42.5 Å². The third-order valence-electron chi connectivity index (χ3n) is 7.96. The summed E-state index contributed by atoms with van der Waals surface area (Å²) in [5.41, 5.74) is 2.90. The SMILES string of the molecule is C[C@@H](COC(=O)N1CCC(N(c2ccccc2)S(=O)(=O)c2ccc(F)cc2)CC1)N(Cc1ccccc1)Cc1ccccc1. The molecule has 1 aliphatic heterocycles. The van der Waals surface area contributed by atoms with E-state index in [1.165, 1.54) is 27.6 Å². The van der Waals surface area contributed by atoms with E-state index in [0.29, 0.717) is 31.6 Å². The number of nitrogens with zero attached hydrogens (tertiary/aromatic N) is 3. The van der Waals surface area contributed by atoms with Crippen LogP contribution in [0.3, 0.4) is 0 Å². The number of amides is 1. The topological polar surface area (TPSA) is 70.2 Å². The van der Waals surface area contributed by atoms with Crippen molar-refractivity contribution in [2.45, 2.75) is 49.8 Å². The van der Waals surface area contributed by atoms with E-state index in [4.69, 9.17) is 4.74 Å². The van der Waals surface area contributed by atoms with Crippen molar-refractivity contribution in [2.75, 3.05) is 24.0 Å². The first-order chi connectivity index (χ1) is 21.3. The number of carbonyl (C=O) groups is 1. The number of benzene rings is 4. The lowest BCUT2D eigenvalue weighted by Gasteiger charge is -2.38. The molecule has 0 N–H and O–H groups in total. The van der Waals surface area contributed by atoms with Gasteiger partial charge < -0.3 is 9.64 Å². The monoisotopic (exact) mass is 615 g/mol. The molecule has 5 rings (SSSR count). The highest BCUT2D eigenvalue weighted by molar-refractivity contribution is 7.92. The van der Waals surface area contributed by atoms with Gasteiger partial charge in [0.2, 0.25) is 0 Å². The summed E-state index contributed by atoms with van der Waals surface area (Å²) >= 11 is 0. The van der Waals surface area contributed by atoms with Crippen molar-refractivity contribution in [2.24, 2.45) is 0 Å². The van der Waals surface area contributed by atoms with Crippen LogP contribution in [0.15, 0.2) is 120 Å². The molecule has 0 unspecified atom stereocenters. The van der Waals surface area contributed by atoms with Crippen LogP contribution in [0.2, 0.25) is 0 Å². The van der Waals surface area contributed by atoms with Gasteiger partial charge in [-0.25, -0.2) is 17.6 Å². The molecule has 4 aromatic carbocycles. The minimum atomic E-state index is -3.96. The van der Waals surface area contributed by atoms with E-state index in [2.05, 4.69) is 36.1 Å². The molecule has 44 heavy (non-hydrogen) atoms. The Morgan fingerprint density at radius 1 is 0.818 bits per heavy atom. The summed E-state index contributed by atoms with van der Waals surface area (Å²) in [5, 5.41) is 0. The van der Waals surface area contributed by atoms with Crippen LogP contribution in [-0.2, 0) is 27.8 Å². The number of ether oxygens (including phenoxy) is 1. The van der Waals surface area contributed by atoms with Crippen LogP contribution in [0.1, 0.15) is 30.9 Å². The number of halogens is 1. The molecule has 1 atom stereocenters. The summed E-state index contributed by atoms with van der Waals surface area (Å²) in [4.78, 5) is 17.1. The molecule has 0 spiro atoms. The molecule has 1 saturated heterocycles. The predicted octanol–water partition coefficient (Wildman–Crippen LogP) is 6.71. The third kappa shape index (κ3) is 7.84. The predicted molar refractivity (Wildman–Crippen MR) is 170 cm³/mol. The van der Waals surface area contributed by atoms with Gasteiger partial charge in [0.1, 0.15) is 12.4 Å². The molecule has 0 bridgehead atoms. The first-order valence-electron chi connectivity index (χ1n) is 14.9. The van der Waals surface area contributed by atoms with E-state index >= 15 is 0 Å². The molecule has 230 valence electrons. The van der Waals surface area contributed by atoms with Crippen molar-refractivity contribution < 1.29 is 22.3 Å². The highest BCUT2D eigenvalue weighted by Crippen LogP contribution is 2.30. The van der Waals surface area contributed by atoms with Gasteiger partial charge in [0, 0.05) is 38.3 Å². The highest BCUT2D eigenvalue weighted by Gasteiger charge is 2.35. The van der Waals surface area contributed by atoms with Gasteiger partial charge in [-0.15, -0.1) is 0 Å². The zero-order valence-electron chi connectivity index (χ0n) is 24.8.